The Morgan fingerprint density at radius 3 is 2.58 bits per heavy atom. The summed E-state index contributed by atoms with van der Waals surface area (Å²) in [6.45, 7) is 2.01. The topological polar surface area (TPSA) is 30.0 Å². The Kier molecular flexibility index (Phi) is 4.00. The lowest BCUT2D eigenvalue weighted by molar-refractivity contribution is 0.0988. The van der Waals surface area contributed by atoms with Crippen molar-refractivity contribution < 1.29 is 13.6 Å². The molecular weight excluding hydrogens is 248 g/mol. The molecule has 0 aliphatic heterocycles. The molecular formula is C15H13F2NO. The Labute approximate surface area is 110 Å². The van der Waals surface area contributed by atoms with E-state index in [4.69, 9.17) is 0 Å². The molecule has 0 fully saturated rings. The van der Waals surface area contributed by atoms with Gasteiger partial charge >= 0.3 is 0 Å². The maximum Gasteiger partial charge on any atom is 0.171 e. The van der Waals surface area contributed by atoms with Gasteiger partial charge in [-0.05, 0) is 30.2 Å². The molecule has 0 aliphatic carbocycles. The van der Waals surface area contributed by atoms with Crippen molar-refractivity contribution in [3.05, 3.63) is 65.0 Å². The van der Waals surface area contributed by atoms with E-state index >= 15 is 0 Å². The minimum Gasteiger partial charge on any atom is -0.294 e. The normalized spacial score (nSPS) is 10.5. The lowest BCUT2D eigenvalue weighted by atomic mass is 10.1. The summed E-state index contributed by atoms with van der Waals surface area (Å²) < 4.78 is 26.2. The summed E-state index contributed by atoms with van der Waals surface area (Å²) in [7, 11) is 0. The van der Waals surface area contributed by atoms with Crippen molar-refractivity contribution in [3.63, 3.8) is 0 Å². The van der Waals surface area contributed by atoms with Gasteiger partial charge < -0.3 is 0 Å². The van der Waals surface area contributed by atoms with Gasteiger partial charge in [0.15, 0.2) is 5.78 Å². The maximum absolute atomic E-state index is 13.4. The summed E-state index contributed by atoms with van der Waals surface area (Å²) in [4.78, 5) is 16.0. The molecule has 2 aromatic rings. The average Bonchev–Trinajstić information content (AvgIpc) is 2.39. The highest BCUT2D eigenvalue weighted by atomic mass is 19.1. The maximum atomic E-state index is 13.4. The fourth-order valence-electron chi connectivity index (χ4n) is 1.74. The third kappa shape index (κ3) is 3.22. The molecule has 0 aliphatic rings. The van der Waals surface area contributed by atoms with Gasteiger partial charge in [0.25, 0.3) is 0 Å². The van der Waals surface area contributed by atoms with Crippen molar-refractivity contribution in [2.24, 2.45) is 0 Å². The van der Waals surface area contributed by atoms with Gasteiger partial charge in [-0.1, -0.05) is 13.0 Å². The molecule has 19 heavy (non-hydrogen) atoms. The number of ketones is 1. The van der Waals surface area contributed by atoms with Crippen LogP contribution in [0.25, 0.3) is 0 Å². The number of hydrogen-bond acceptors (Lipinski definition) is 2. The highest BCUT2D eigenvalue weighted by molar-refractivity contribution is 5.97. The van der Waals surface area contributed by atoms with Gasteiger partial charge in [0, 0.05) is 18.0 Å². The zero-order valence-electron chi connectivity index (χ0n) is 10.5. The van der Waals surface area contributed by atoms with Gasteiger partial charge in [0.1, 0.15) is 11.6 Å². The van der Waals surface area contributed by atoms with Crippen molar-refractivity contribution in [2.75, 3.05) is 0 Å². The monoisotopic (exact) mass is 261 g/mol. The van der Waals surface area contributed by atoms with Crippen LogP contribution in [-0.4, -0.2) is 10.8 Å². The van der Waals surface area contributed by atoms with Crippen LogP contribution in [0.4, 0.5) is 8.78 Å². The number of rotatable bonds is 4. The zero-order valence-corrected chi connectivity index (χ0v) is 10.5. The first kappa shape index (κ1) is 13.3. The Morgan fingerprint density at radius 2 is 2.00 bits per heavy atom. The first-order valence-electron chi connectivity index (χ1n) is 6.02. The molecule has 1 aromatic heterocycles. The third-order valence-corrected chi connectivity index (χ3v) is 2.87. The lowest BCUT2D eigenvalue weighted by Crippen LogP contribution is -2.07. The average molecular weight is 261 g/mol. The number of aromatic nitrogens is 1. The van der Waals surface area contributed by atoms with Gasteiger partial charge in [-0.15, -0.1) is 0 Å². The number of benzene rings is 1. The van der Waals surface area contributed by atoms with E-state index in [1.54, 1.807) is 12.3 Å². The smallest absolute Gasteiger partial charge is 0.171 e. The molecule has 0 saturated carbocycles. The summed E-state index contributed by atoms with van der Waals surface area (Å²) in [5.41, 5.74) is 1.54. The number of Topliss-reactive ketones (excluding diaryl/α,β-unsaturated/α-hetero) is 1. The second kappa shape index (κ2) is 5.69. The van der Waals surface area contributed by atoms with Gasteiger partial charge in [0.05, 0.1) is 12.0 Å². The van der Waals surface area contributed by atoms with Crippen LogP contribution in [0.15, 0.2) is 36.5 Å². The van der Waals surface area contributed by atoms with Crippen LogP contribution in [-0.2, 0) is 12.8 Å². The van der Waals surface area contributed by atoms with E-state index in [-0.39, 0.29) is 12.0 Å². The summed E-state index contributed by atoms with van der Waals surface area (Å²) in [5, 5.41) is 0. The summed E-state index contributed by atoms with van der Waals surface area (Å²) >= 11 is 0. The van der Waals surface area contributed by atoms with E-state index < -0.39 is 17.4 Å². The fourth-order valence-corrected chi connectivity index (χ4v) is 1.74. The van der Waals surface area contributed by atoms with Crippen LogP contribution in [0.1, 0.15) is 28.5 Å². The molecule has 0 unspecified atom stereocenters. The van der Waals surface area contributed by atoms with E-state index in [1.807, 2.05) is 13.0 Å². The van der Waals surface area contributed by atoms with E-state index in [9.17, 15) is 13.6 Å². The number of aryl methyl sites for hydroxylation is 1. The van der Waals surface area contributed by atoms with Crippen LogP contribution in [0, 0.1) is 11.6 Å². The number of carbonyl (C=O) groups is 1. The summed E-state index contributed by atoms with van der Waals surface area (Å²) in [6.07, 6.45) is 2.57. The second-order valence-electron chi connectivity index (χ2n) is 4.24. The molecule has 0 saturated heterocycles. The van der Waals surface area contributed by atoms with Crippen LogP contribution in [0.5, 0.6) is 0 Å². The molecule has 0 spiro atoms. The fraction of sp³-hybridized carbons (Fsp3) is 0.200. The number of carbonyl (C=O) groups excluding carboxylic acids is 1. The minimum absolute atomic E-state index is 0.00649. The van der Waals surface area contributed by atoms with Crippen LogP contribution in [0.3, 0.4) is 0 Å². The van der Waals surface area contributed by atoms with Crippen molar-refractivity contribution >= 4 is 5.78 Å². The summed E-state index contributed by atoms with van der Waals surface area (Å²) in [5.74, 6) is -1.94. The van der Waals surface area contributed by atoms with Crippen molar-refractivity contribution in [1.82, 2.24) is 4.98 Å². The number of hydrogen-bond donors (Lipinski definition) is 0. The Morgan fingerprint density at radius 1 is 1.21 bits per heavy atom. The van der Waals surface area contributed by atoms with Crippen molar-refractivity contribution in [3.8, 4) is 0 Å². The Bertz CT molecular complexity index is 594. The van der Waals surface area contributed by atoms with Gasteiger partial charge in [-0.25, -0.2) is 8.78 Å². The predicted molar refractivity (Wildman–Crippen MR) is 68.0 cm³/mol. The first-order chi connectivity index (χ1) is 9.10. The van der Waals surface area contributed by atoms with E-state index in [1.165, 1.54) is 0 Å². The van der Waals surface area contributed by atoms with Crippen LogP contribution in [0.2, 0.25) is 0 Å². The zero-order chi connectivity index (χ0) is 13.8. The molecule has 2 rings (SSSR count). The standard InChI is InChI=1S/C15H13F2NO/c1-2-10-3-5-12(18-9-10)8-15(19)13-6-4-11(16)7-14(13)17/h3-7,9H,2,8H2,1H3. The highest BCUT2D eigenvalue weighted by Crippen LogP contribution is 2.12. The molecule has 0 radical (unpaired) electrons. The molecule has 98 valence electrons. The molecule has 0 atom stereocenters. The highest BCUT2D eigenvalue weighted by Gasteiger charge is 2.13. The van der Waals surface area contributed by atoms with Crippen molar-refractivity contribution in [2.45, 2.75) is 19.8 Å². The number of halogens is 2. The number of nitrogens with zero attached hydrogens (tertiary/aromatic N) is 1. The predicted octanol–water partition coefficient (Wildman–Crippen LogP) is 3.35. The third-order valence-electron chi connectivity index (χ3n) is 2.87. The number of pyridine rings is 1. The molecule has 4 heteroatoms. The van der Waals surface area contributed by atoms with Crippen LogP contribution >= 0.6 is 0 Å². The van der Waals surface area contributed by atoms with E-state index in [2.05, 4.69) is 4.98 Å². The van der Waals surface area contributed by atoms with Gasteiger partial charge in [0.2, 0.25) is 0 Å². The molecule has 1 heterocycles. The van der Waals surface area contributed by atoms with E-state index in [0.717, 1.165) is 24.1 Å². The minimum atomic E-state index is -0.838. The van der Waals surface area contributed by atoms with Gasteiger partial charge in [-0.2, -0.15) is 0 Å². The molecule has 1 aromatic carbocycles. The molecule has 0 amide bonds. The molecule has 2 nitrogen and oxygen atoms in total. The lowest BCUT2D eigenvalue weighted by Gasteiger charge is -2.03. The van der Waals surface area contributed by atoms with Crippen LogP contribution < -0.4 is 0 Å². The Balaban J connectivity index is 2.15. The largest absolute Gasteiger partial charge is 0.294 e. The first-order valence-corrected chi connectivity index (χ1v) is 6.02. The van der Waals surface area contributed by atoms with Gasteiger partial charge in [-0.3, -0.25) is 9.78 Å². The van der Waals surface area contributed by atoms with Crippen molar-refractivity contribution in [1.29, 1.82) is 0 Å². The Hall–Kier alpha value is -2.10. The molecule has 0 N–H and O–H groups in total. The second-order valence-corrected chi connectivity index (χ2v) is 4.24. The SMILES string of the molecule is CCc1ccc(CC(=O)c2ccc(F)cc2F)nc1. The van der Waals surface area contributed by atoms with E-state index in [0.29, 0.717) is 11.8 Å². The quantitative estimate of drug-likeness (QED) is 0.790. The molecule has 0 bridgehead atoms. The summed E-state index contributed by atoms with van der Waals surface area (Å²) in [6, 6.07) is 6.58.